The molecule has 3 rings (SSSR count). The van der Waals surface area contributed by atoms with Crippen molar-refractivity contribution < 1.29 is 9.72 Å². The van der Waals surface area contributed by atoms with Gasteiger partial charge in [0, 0.05) is 34.8 Å². The van der Waals surface area contributed by atoms with Gasteiger partial charge in [-0.2, -0.15) is 0 Å². The van der Waals surface area contributed by atoms with Crippen molar-refractivity contribution in [2.75, 3.05) is 32.1 Å². The summed E-state index contributed by atoms with van der Waals surface area (Å²) in [5, 5.41) is 11.8. The van der Waals surface area contributed by atoms with E-state index < -0.39 is 4.92 Å². The molecule has 0 aliphatic heterocycles. The highest BCUT2D eigenvalue weighted by Crippen LogP contribution is 2.32. The Bertz CT molecular complexity index is 1060. The number of hydrogen-bond acceptors (Lipinski definition) is 6. The van der Waals surface area contributed by atoms with Gasteiger partial charge in [0.2, 0.25) is 0 Å². The maximum Gasteiger partial charge on any atom is 0.273 e. The van der Waals surface area contributed by atoms with E-state index in [1.165, 1.54) is 23.5 Å². The molecule has 3 aromatic rings. The maximum absolute atomic E-state index is 13.3. The molecule has 7 nitrogen and oxygen atoms in total. The van der Waals surface area contributed by atoms with Crippen molar-refractivity contribution in [3.63, 3.8) is 0 Å². The lowest BCUT2D eigenvalue weighted by Gasteiger charge is -2.22. The predicted molar refractivity (Wildman–Crippen MR) is 123 cm³/mol. The van der Waals surface area contributed by atoms with E-state index in [0.717, 1.165) is 14.7 Å². The normalized spacial score (nSPS) is 10.8. The van der Waals surface area contributed by atoms with Crippen LogP contribution in [-0.2, 0) is 0 Å². The molecule has 1 heterocycles. The number of fused-ring (bicyclic) bond motifs is 1. The number of nitrogens with zero attached hydrogens (tertiary/aromatic N) is 4. The largest absolute Gasteiger partial charge is 0.308 e. The van der Waals surface area contributed by atoms with E-state index in [2.05, 4.69) is 20.9 Å². The Morgan fingerprint density at radius 1 is 1.24 bits per heavy atom. The van der Waals surface area contributed by atoms with Crippen LogP contribution in [0.5, 0.6) is 0 Å². The molecular formula is C19H20BrClN4O3S. The van der Waals surface area contributed by atoms with Crippen molar-refractivity contribution in [1.82, 2.24) is 9.88 Å². The summed E-state index contributed by atoms with van der Waals surface area (Å²) >= 11 is 4.88. The third-order valence-corrected chi connectivity index (χ3v) is 5.85. The molecule has 154 valence electrons. The Morgan fingerprint density at radius 2 is 1.97 bits per heavy atom. The standard InChI is InChI=1S/C19H19BrN4O3S.ClH/c1-12-14(5-4-6-16(12)24(26)27)18(25)23(10-9-22(2)3)19-21-15-8-7-13(20)11-17(15)28-19;/h4-8,11H,9-10H2,1-3H3;1H. The van der Waals surface area contributed by atoms with Crippen LogP contribution in [0.25, 0.3) is 10.2 Å². The molecule has 0 saturated carbocycles. The van der Waals surface area contributed by atoms with Crippen molar-refractivity contribution in [2.24, 2.45) is 0 Å². The van der Waals surface area contributed by atoms with Gasteiger partial charge < -0.3 is 4.90 Å². The summed E-state index contributed by atoms with van der Waals surface area (Å²) < 4.78 is 1.90. The molecule has 0 atom stereocenters. The Hall–Kier alpha value is -2.07. The summed E-state index contributed by atoms with van der Waals surface area (Å²) in [5.41, 5.74) is 1.41. The van der Waals surface area contributed by atoms with Crippen LogP contribution in [0.4, 0.5) is 10.8 Å². The smallest absolute Gasteiger partial charge is 0.273 e. The molecule has 10 heteroatoms. The minimum atomic E-state index is -0.467. The summed E-state index contributed by atoms with van der Waals surface area (Å²) in [6.07, 6.45) is 0. The van der Waals surface area contributed by atoms with E-state index in [1.807, 2.05) is 37.2 Å². The average Bonchev–Trinajstić information content (AvgIpc) is 3.04. The highest BCUT2D eigenvalue weighted by molar-refractivity contribution is 9.10. The van der Waals surface area contributed by atoms with E-state index in [1.54, 1.807) is 17.9 Å². The van der Waals surface area contributed by atoms with Crippen LogP contribution in [0, 0.1) is 17.0 Å². The van der Waals surface area contributed by atoms with Gasteiger partial charge in [-0.05, 0) is 45.3 Å². The highest BCUT2D eigenvalue weighted by atomic mass is 79.9. The highest BCUT2D eigenvalue weighted by Gasteiger charge is 2.25. The van der Waals surface area contributed by atoms with E-state index >= 15 is 0 Å². The van der Waals surface area contributed by atoms with Crippen molar-refractivity contribution >= 4 is 66.6 Å². The lowest BCUT2D eigenvalue weighted by Crippen LogP contribution is -2.37. The van der Waals surface area contributed by atoms with Crippen molar-refractivity contribution in [3.05, 3.63) is 62.1 Å². The van der Waals surface area contributed by atoms with Gasteiger partial charge in [-0.25, -0.2) is 4.98 Å². The lowest BCUT2D eigenvalue weighted by atomic mass is 10.1. The van der Waals surface area contributed by atoms with Crippen molar-refractivity contribution in [2.45, 2.75) is 6.92 Å². The van der Waals surface area contributed by atoms with E-state index in [0.29, 0.717) is 29.3 Å². The summed E-state index contributed by atoms with van der Waals surface area (Å²) in [5.74, 6) is -0.291. The number of anilines is 1. The first kappa shape index (κ1) is 23.2. The van der Waals surface area contributed by atoms with Gasteiger partial charge >= 0.3 is 0 Å². The molecule has 0 spiro atoms. The molecule has 0 aliphatic rings. The summed E-state index contributed by atoms with van der Waals surface area (Å²) in [6, 6.07) is 10.3. The second kappa shape index (κ2) is 9.62. The van der Waals surface area contributed by atoms with Gasteiger partial charge in [-0.1, -0.05) is 33.3 Å². The van der Waals surface area contributed by atoms with Gasteiger partial charge in [-0.3, -0.25) is 19.8 Å². The van der Waals surface area contributed by atoms with Gasteiger partial charge in [-0.15, -0.1) is 12.4 Å². The van der Waals surface area contributed by atoms with E-state index in [9.17, 15) is 14.9 Å². The molecule has 0 saturated heterocycles. The maximum atomic E-state index is 13.3. The second-order valence-corrected chi connectivity index (χ2v) is 8.50. The fraction of sp³-hybridized carbons (Fsp3) is 0.263. The zero-order valence-corrected chi connectivity index (χ0v) is 19.3. The fourth-order valence-electron chi connectivity index (χ4n) is 2.78. The Morgan fingerprint density at radius 3 is 2.62 bits per heavy atom. The third kappa shape index (κ3) is 5.11. The number of hydrogen-bond donors (Lipinski definition) is 0. The number of aromatic nitrogens is 1. The second-order valence-electron chi connectivity index (χ2n) is 6.58. The lowest BCUT2D eigenvalue weighted by molar-refractivity contribution is -0.385. The molecule has 0 aliphatic carbocycles. The van der Waals surface area contributed by atoms with Crippen LogP contribution in [0.3, 0.4) is 0 Å². The molecule has 0 fully saturated rings. The molecule has 0 radical (unpaired) electrons. The van der Waals surface area contributed by atoms with Crippen LogP contribution in [0.15, 0.2) is 40.9 Å². The summed E-state index contributed by atoms with van der Waals surface area (Å²) in [6.45, 7) is 2.67. The summed E-state index contributed by atoms with van der Waals surface area (Å²) in [4.78, 5) is 32.3. The van der Waals surface area contributed by atoms with Gasteiger partial charge in [0.1, 0.15) is 0 Å². The summed E-state index contributed by atoms with van der Waals surface area (Å²) in [7, 11) is 3.85. The molecule has 1 aromatic heterocycles. The van der Waals surface area contributed by atoms with Crippen molar-refractivity contribution in [3.8, 4) is 0 Å². The number of halogens is 2. The van der Waals surface area contributed by atoms with Gasteiger partial charge in [0.15, 0.2) is 5.13 Å². The molecule has 0 N–H and O–H groups in total. The minimum absolute atomic E-state index is 0. The average molecular weight is 500 g/mol. The molecule has 0 unspecified atom stereocenters. The van der Waals surface area contributed by atoms with Gasteiger partial charge in [0.25, 0.3) is 11.6 Å². The van der Waals surface area contributed by atoms with Crippen LogP contribution in [0.1, 0.15) is 15.9 Å². The Kier molecular flexibility index (Phi) is 7.70. The Labute approximate surface area is 187 Å². The van der Waals surface area contributed by atoms with Crippen LogP contribution < -0.4 is 4.90 Å². The van der Waals surface area contributed by atoms with E-state index in [-0.39, 0.29) is 24.0 Å². The quantitative estimate of drug-likeness (QED) is 0.356. The number of nitro benzene ring substituents is 1. The minimum Gasteiger partial charge on any atom is -0.308 e. The number of benzene rings is 2. The number of thiazole rings is 1. The zero-order valence-electron chi connectivity index (χ0n) is 16.1. The van der Waals surface area contributed by atoms with Crippen LogP contribution in [-0.4, -0.2) is 47.9 Å². The number of nitro groups is 1. The molecule has 29 heavy (non-hydrogen) atoms. The van der Waals surface area contributed by atoms with Gasteiger partial charge in [0.05, 0.1) is 15.1 Å². The molecular weight excluding hydrogens is 480 g/mol. The van der Waals surface area contributed by atoms with Crippen LogP contribution >= 0.6 is 39.7 Å². The molecule has 2 aromatic carbocycles. The van der Waals surface area contributed by atoms with Crippen molar-refractivity contribution in [1.29, 1.82) is 0 Å². The van der Waals surface area contributed by atoms with Crippen LogP contribution in [0.2, 0.25) is 0 Å². The number of rotatable bonds is 6. The first-order valence-electron chi connectivity index (χ1n) is 8.54. The SMILES string of the molecule is Cc1c(C(=O)N(CCN(C)C)c2nc3ccc(Br)cc3s2)cccc1[N+](=O)[O-].Cl. The fourth-order valence-corrected chi connectivity index (χ4v) is 4.33. The molecule has 1 amide bonds. The Balaban J connectivity index is 0.00000300. The first-order chi connectivity index (χ1) is 13.3. The number of carbonyl (C=O) groups excluding carboxylic acids is 1. The third-order valence-electron chi connectivity index (χ3n) is 4.32. The first-order valence-corrected chi connectivity index (χ1v) is 10.2. The predicted octanol–water partition coefficient (Wildman–Crippen LogP) is 4.91. The number of likely N-dealkylation sites (N-methyl/N-ethyl adjacent to an activating group) is 1. The topological polar surface area (TPSA) is 79.6 Å². The molecule has 0 bridgehead atoms. The monoisotopic (exact) mass is 498 g/mol. The number of amides is 1. The van der Waals surface area contributed by atoms with E-state index in [4.69, 9.17) is 0 Å². The number of carbonyl (C=O) groups is 1. The zero-order chi connectivity index (χ0) is 20.4.